The highest BCUT2D eigenvalue weighted by Gasteiger charge is 2.32. The molecule has 1 aliphatic carbocycles. The van der Waals surface area contributed by atoms with E-state index in [1.54, 1.807) is 0 Å². The predicted octanol–water partition coefficient (Wildman–Crippen LogP) is 1.48. The molecule has 122 valence electrons. The molecule has 2 aromatic heterocycles. The van der Waals surface area contributed by atoms with Gasteiger partial charge in [0.2, 0.25) is 0 Å². The monoisotopic (exact) mass is 315 g/mol. The van der Waals surface area contributed by atoms with Crippen molar-refractivity contribution in [3.8, 4) is 0 Å². The number of hydrogen-bond donors (Lipinski definition) is 2. The largest absolute Gasteiger partial charge is 0.388 e. The molecular weight excluding hydrogens is 294 g/mol. The standard InChI is InChI=1S/C17H21N3O3/c21-16(18-11-17(22)6-9-23-10-7-17)14-13-3-1-2-8-20(13)15(19-14)12-4-5-12/h1-3,8,12,22H,4-7,9-11H2,(H,18,21). The number of amides is 1. The third-order valence-electron chi connectivity index (χ3n) is 4.73. The number of imidazole rings is 1. The van der Waals surface area contributed by atoms with Gasteiger partial charge in [0.15, 0.2) is 5.69 Å². The second-order valence-corrected chi connectivity index (χ2v) is 6.57. The van der Waals surface area contributed by atoms with E-state index < -0.39 is 5.60 Å². The fraction of sp³-hybridized carbons (Fsp3) is 0.529. The topological polar surface area (TPSA) is 75.9 Å². The number of fused-ring (bicyclic) bond motifs is 1. The van der Waals surface area contributed by atoms with Gasteiger partial charge in [-0.3, -0.25) is 4.79 Å². The van der Waals surface area contributed by atoms with Crippen LogP contribution in [0, 0.1) is 0 Å². The molecule has 2 aromatic rings. The minimum Gasteiger partial charge on any atom is -0.388 e. The molecule has 0 bridgehead atoms. The lowest BCUT2D eigenvalue weighted by atomic mass is 9.94. The van der Waals surface area contributed by atoms with Gasteiger partial charge < -0.3 is 19.6 Å². The Balaban J connectivity index is 1.55. The Bertz CT molecular complexity index is 730. The normalized spacial score (nSPS) is 20.6. The van der Waals surface area contributed by atoms with Crippen molar-refractivity contribution in [2.45, 2.75) is 37.2 Å². The van der Waals surface area contributed by atoms with Crippen LogP contribution in [-0.2, 0) is 4.74 Å². The maximum absolute atomic E-state index is 12.6. The van der Waals surface area contributed by atoms with E-state index in [9.17, 15) is 9.90 Å². The van der Waals surface area contributed by atoms with Crippen LogP contribution in [0.2, 0.25) is 0 Å². The summed E-state index contributed by atoms with van der Waals surface area (Å²) in [4.78, 5) is 17.2. The molecule has 0 radical (unpaired) electrons. The number of aliphatic hydroxyl groups is 1. The van der Waals surface area contributed by atoms with E-state index in [0.717, 1.165) is 24.2 Å². The molecule has 0 aromatic carbocycles. The first-order valence-corrected chi connectivity index (χ1v) is 8.22. The van der Waals surface area contributed by atoms with Crippen LogP contribution in [-0.4, -0.2) is 45.8 Å². The van der Waals surface area contributed by atoms with Crippen molar-refractivity contribution in [1.29, 1.82) is 0 Å². The van der Waals surface area contributed by atoms with Gasteiger partial charge in [-0.05, 0) is 25.0 Å². The zero-order valence-electron chi connectivity index (χ0n) is 13.0. The highest BCUT2D eigenvalue weighted by molar-refractivity contribution is 5.99. The molecular formula is C17H21N3O3. The van der Waals surface area contributed by atoms with Gasteiger partial charge in [0.05, 0.1) is 11.1 Å². The van der Waals surface area contributed by atoms with Crippen LogP contribution >= 0.6 is 0 Å². The number of carbonyl (C=O) groups excluding carboxylic acids is 1. The predicted molar refractivity (Wildman–Crippen MR) is 84.5 cm³/mol. The minimum absolute atomic E-state index is 0.222. The second-order valence-electron chi connectivity index (χ2n) is 6.57. The number of aromatic nitrogens is 2. The SMILES string of the molecule is O=C(NCC1(O)CCOCC1)c1nc(C2CC2)n2ccccc12. The molecule has 3 heterocycles. The van der Waals surface area contributed by atoms with Gasteiger partial charge in [0, 0.05) is 44.7 Å². The summed E-state index contributed by atoms with van der Waals surface area (Å²) in [6.45, 7) is 1.30. The van der Waals surface area contributed by atoms with Gasteiger partial charge in [-0.25, -0.2) is 4.98 Å². The number of ether oxygens (including phenoxy) is 1. The van der Waals surface area contributed by atoms with E-state index in [1.165, 1.54) is 0 Å². The van der Waals surface area contributed by atoms with Crippen molar-refractivity contribution < 1.29 is 14.6 Å². The van der Waals surface area contributed by atoms with Gasteiger partial charge in [-0.2, -0.15) is 0 Å². The summed E-state index contributed by atoms with van der Waals surface area (Å²) in [5.41, 5.74) is 0.400. The van der Waals surface area contributed by atoms with Gasteiger partial charge in [0.1, 0.15) is 5.82 Å². The van der Waals surface area contributed by atoms with E-state index in [-0.39, 0.29) is 12.5 Å². The summed E-state index contributed by atoms with van der Waals surface area (Å²) >= 11 is 0. The van der Waals surface area contributed by atoms with E-state index in [0.29, 0.717) is 37.7 Å². The van der Waals surface area contributed by atoms with Crippen LogP contribution in [0.3, 0.4) is 0 Å². The average Bonchev–Trinajstić information content (AvgIpc) is 3.34. The highest BCUT2D eigenvalue weighted by Crippen LogP contribution is 2.40. The van der Waals surface area contributed by atoms with Crippen molar-refractivity contribution >= 4 is 11.4 Å². The zero-order valence-corrected chi connectivity index (χ0v) is 13.0. The lowest BCUT2D eigenvalue weighted by Crippen LogP contribution is -2.46. The van der Waals surface area contributed by atoms with E-state index in [4.69, 9.17) is 4.74 Å². The molecule has 4 rings (SSSR count). The molecule has 1 aliphatic heterocycles. The summed E-state index contributed by atoms with van der Waals surface area (Å²) in [5, 5.41) is 13.3. The molecule has 1 saturated carbocycles. The fourth-order valence-corrected chi connectivity index (χ4v) is 3.11. The molecule has 0 atom stereocenters. The maximum atomic E-state index is 12.6. The van der Waals surface area contributed by atoms with Gasteiger partial charge in [-0.15, -0.1) is 0 Å². The second kappa shape index (κ2) is 5.62. The molecule has 6 nitrogen and oxygen atoms in total. The first kappa shape index (κ1) is 14.7. The Morgan fingerprint density at radius 2 is 2.17 bits per heavy atom. The van der Waals surface area contributed by atoms with E-state index >= 15 is 0 Å². The van der Waals surface area contributed by atoms with Crippen LogP contribution in [0.4, 0.5) is 0 Å². The van der Waals surface area contributed by atoms with E-state index in [2.05, 4.69) is 10.3 Å². The minimum atomic E-state index is -0.872. The Hall–Kier alpha value is -1.92. The van der Waals surface area contributed by atoms with Crippen molar-refractivity contribution in [3.05, 3.63) is 35.9 Å². The number of pyridine rings is 1. The third-order valence-corrected chi connectivity index (χ3v) is 4.73. The van der Waals surface area contributed by atoms with Crippen LogP contribution in [0.5, 0.6) is 0 Å². The summed E-state index contributed by atoms with van der Waals surface area (Å²) in [5.74, 6) is 1.21. The number of nitrogens with zero attached hydrogens (tertiary/aromatic N) is 2. The Kier molecular flexibility index (Phi) is 3.58. The molecule has 2 aliphatic rings. The third kappa shape index (κ3) is 2.84. The molecule has 0 unspecified atom stereocenters. The van der Waals surface area contributed by atoms with Crippen molar-refractivity contribution in [2.75, 3.05) is 19.8 Å². The van der Waals surface area contributed by atoms with Crippen LogP contribution in [0.1, 0.15) is 47.9 Å². The zero-order chi connectivity index (χ0) is 15.9. The molecule has 0 spiro atoms. The fourth-order valence-electron chi connectivity index (χ4n) is 3.11. The van der Waals surface area contributed by atoms with Crippen molar-refractivity contribution in [1.82, 2.24) is 14.7 Å². The summed E-state index contributed by atoms with van der Waals surface area (Å²) in [6.07, 6.45) is 5.32. The molecule has 1 amide bonds. The Morgan fingerprint density at radius 3 is 2.91 bits per heavy atom. The quantitative estimate of drug-likeness (QED) is 0.896. The number of carbonyl (C=O) groups is 1. The maximum Gasteiger partial charge on any atom is 0.272 e. The van der Waals surface area contributed by atoms with Gasteiger partial charge in [0.25, 0.3) is 5.91 Å². The van der Waals surface area contributed by atoms with Crippen molar-refractivity contribution in [2.24, 2.45) is 0 Å². The average molecular weight is 315 g/mol. The lowest BCUT2D eigenvalue weighted by Gasteiger charge is -2.31. The Morgan fingerprint density at radius 1 is 1.39 bits per heavy atom. The van der Waals surface area contributed by atoms with Gasteiger partial charge in [-0.1, -0.05) is 6.07 Å². The molecule has 2 N–H and O–H groups in total. The first-order valence-electron chi connectivity index (χ1n) is 8.22. The van der Waals surface area contributed by atoms with E-state index in [1.807, 2.05) is 28.8 Å². The molecule has 1 saturated heterocycles. The molecule has 23 heavy (non-hydrogen) atoms. The van der Waals surface area contributed by atoms with Crippen LogP contribution in [0.25, 0.3) is 5.52 Å². The number of hydrogen-bond acceptors (Lipinski definition) is 4. The Labute approximate surface area is 134 Å². The van der Waals surface area contributed by atoms with Crippen LogP contribution in [0.15, 0.2) is 24.4 Å². The number of nitrogens with one attached hydrogen (secondary N) is 1. The van der Waals surface area contributed by atoms with Gasteiger partial charge >= 0.3 is 0 Å². The summed E-state index contributed by atoms with van der Waals surface area (Å²) in [7, 11) is 0. The number of rotatable bonds is 4. The summed E-state index contributed by atoms with van der Waals surface area (Å²) in [6, 6.07) is 5.78. The smallest absolute Gasteiger partial charge is 0.272 e. The highest BCUT2D eigenvalue weighted by atomic mass is 16.5. The molecule has 6 heteroatoms. The van der Waals surface area contributed by atoms with Crippen molar-refractivity contribution in [3.63, 3.8) is 0 Å². The van der Waals surface area contributed by atoms with Crippen LogP contribution < -0.4 is 5.32 Å². The summed E-state index contributed by atoms with van der Waals surface area (Å²) < 4.78 is 7.27. The lowest BCUT2D eigenvalue weighted by molar-refractivity contribution is -0.0605. The first-order chi connectivity index (χ1) is 11.2. The molecule has 2 fully saturated rings.